The fourth-order valence-electron chi connectivity index (χ4n) is 4.02. The lowest BCUT2D eigenvalue weighted by Gasteiger charge is -2.32. The number of aromatic nitrogens is 1. The molecule has 4 nitrogen and oxygen atoms in total. The van der Waals surface area contributed by atoms with Gasteiger partial charge in [-0.15, -0.1) is 0 Å². The molecular formula is C26H27FN2O2. The maximum absolute atomic E-state index is 13.3. The van der Waals surface area contributed by atoms with Gasteiger partial charge in [-0.3, -0.25) is 9.78 Å². The summed E-state index contributed by atoms with van der Waals surface area (Å²) >= 11 is 0. The minimum atomic E-state index is -0.249. The van der Waals surface area contributed by atoms with E-state index < -0.39 is 0 Å². The molecule has 2 aromatic carbocycles. The summed E-state index contributed by atoms with van der Waals surface area (Å²) in [6.45, 7) is 1.99. The first-order valence-electron chi connectivity index (χ1n) is 10.8. The fourth-order valence-corrected chi connectivity index (χ4v) is 4.02. The first kappa shape index (κ1) is 21.0. The van der Waals surface area contributed by atoms with E-state index in [1.165, 1.54) is 17.7 Å². The zero-order chi connectivity index (χ0) is 21.5. The third kappa shape index (κ3) is 6.14. The number of likely N-dealkylation sites (tertiary alicyclic amines) is 1. The van der Waals surface area contributed by atoms with Crippen molar-refractivity contribution >= 4 is 5.91 Å². The molecule has 5 heteroatoms. The second-order valence-electron chi connectivity index (χ2n) is 8.13. The van der Waals surface area contributed by atoms with Crippen LogP contribution in [-0.2, 0) is 24.2 Å². The highest BCUT2D eigenvalue weighted by atomic mass is 19.1. The van der Waals surface area contributed by atoms with Gasteiger partial charge in [-0.25, -0.2) is 4.39 Å². The highest BCUT2D eigenvalue weighted by molar-refractivity contribution is 5.78. The molecule has 2 heterocycles. The van der Waals surface area contributed by atoms with E-state index in [1.807, 2.05) is 35.2 Å². The van der Waals surface area contributed by atoms with E-state index in [0.717, 1.165) is 49.2 Å². The summed E-state index contributed by atoms with van der Waals surface area (Å²) in [6, 6.07) is 18.4. The van der Waals surface area contributed by atoms with Crippen LogP contribution >= 0.6 is 0 Å². The van der Waals surface area contributed by atoms with Crippen molar-refractivity contribution in [3.8, 4) is 5.75 Å². The van der Waals surface area contributed by atoms with Crippen molar-refractivity contribution in [1.29, 1.82) is 0 Å². The lowest BCUT2D eigenvalue weighted by Crippen LogP contribution is -2.39. The number of benzene rings is 2. The molecule has 0 spiro atoms. The Kier molecular flexibility index (Phi) is 6.92. The van der Waals surface area contributed by atoms with Crippen molar-refractivity contribution in [3.63, 3.8) is 0 Å². The van der Waals surface area contributed by atoms with Crippen molar-refractivity contribution in [2.75, 3.05) is 13.1 Å². The largest absolute Gasteiger partial charge is 0.489 e. The number of carbonyl (C=O) groups is 1. The van der Waals surface area contributed by atoms with Gasteiger partial charge in [0.1, 0.15) is 18.2 Å². The molecule has 0 N–H and O–H groups in total. The minimum absolute atomic E-state index is 0.186. The summed E-state index contributed by atoms with van der Waals surface area (Å²) < 4.78 is 19.0. The Labute approximate surface area is 182 Å². The summed E-state index contributed by atoms with van der Waals surface area (Å²) in [5.74, 6) is 1.30. The van der Waals surface area contributed by atoms with Gasteiger partial charge in [0.05, 0.1) is 6.42 Å². The van der Waals surface area contributed by atoms with Crippen molar-refractivity contribution in [2.24, 2.45) is 5.92 Å². The van der Waals surface area contributed by atoms with Crippen LogP contribution in [0.4, 0.5) is 4.39 Å². The zero-order valence-corrected chi connectivity index (χ0v) is 17.5. The standard InChI is InChI=1S/C26H27FN2O2/c27-24-5-1-3-23(16-24)19-31-25-8-6-20(7-9-25)15-21-10-13-29(14-11-21)26(30)17-22-4-2-12-28-18-22/h1-9,12,16,18,21H,10-11,13-15,17,19H2. The minimum Gasteiger partial charge on any atom is -0.489 e. The average Bonchev–Trinajstić information content (AvgIpc) is 2.80. The van der Waals surface area contributed by atoms with Gasteiger partial charge in [-0.1, -0.05) is 30.3 Å². The van der Waals surface area contributed by atoms with Gasteiger partial charge in [0, 0.05) is 25.5 Å². The number of hydrogen-bond acceptors (Lipinski definition) is 3. The molecule has 0 saturated carbocycles. The normalized spacial score (nSPS) is 14.4. The quantitative estimate of drug-likeness (QED) is 0.552. The number of piperidine rings is 1. The average molecular weight is 419 g/mol. The Morgan fingerprint density at radius 3 is 2.48 bits per heavy atom. The third-order valence-corrected chi connectivity index (χ3v) is 5.79. The molecule has 31 heavy (non-hydrogen) atoms. The first-order valence-corrected chi connectivity index (χ1v) is 10.8. The van der Waals surface area contributed by atoms with Crippen LogP contribution < -0.4 is 4.74 Å². The number of pyridine rings is 1. The molecule has 0 unspecified atom stereocenters. The number of rotatable bonds is 7. The Bertz CT molecular complexity index is 984. The molecule has 0 bridgehead atoms. The van der Waals surface area contributed by atoms with Gasteiger partial charge in [-0.05, 0) is 72.2 Å². The van der Waals surface area contributed by atoms with Crippen molar-refractivity contribution in [2.45, 2.75) is 32.3 Å². The second-order valence-corrected chi connectivity index (χ2v) is 8.13. The zero-order valence-electron chi connectivity index (χ0n) is 17.5. The van der Waals surface area contributed by atoms with E-state index in [0.29, 0.717) is 18.9 Å². The highest BCUT2D eigenvalue weighted by Gasteiger charge is 2.23. The van der Waals surface area contributed by atoms with Crippen LogP contribution in [0.1, 0.15) is 29.5 Å². The van der Waals surface area contributed by atoms with Crippen LogP contribution in [0, 0.1) is 11.7 Å². The van der Waals surface area contributed by atoms with Crippen LogP contribution in [0.3, 0.4) is 0 Å². The first-order chi connectivity index (χ1) is 15.2. The van der Waals surface area contributed by atoms with Crippen LogP contribution in [-0.4, -0.2) is 28.9 Å². The maximum Gasteiger partial charge on any atom is 0.227 e. The summed E-state index contributed by atoms with van der Waals surface area (Å²) in [7, 11) is 0. The highest BCUT2D eigenvalue weighted by Crippen LogP contribution is 2.24. The van der Waals surface area contributed by atoms with Gasteiger partial charge >= 0.3 is 0 Å². The lowest BCUT2D eigenvalue weighted by molar-refractivity contribution is -0.131. The number of carbonyl (C=O) groups excluding carboxylic acids is 1. The molecule has 1 amide bonds. The lowest BCUT2D eigenvalue weighted by atomic mass is 9.90. The SMILES string of the molecule is O=C(Cc1cccnc1)N1CCC(Cc2ccc(OCc3cccc(F)c3)cc2)CC1. The van der Waals surface area contributed by atoms with Crippen LogP contribution in [0.2, 0.25) is 0 Å². The predicted octanol–water partition coefficient (Wildman–Crippen LogP) is 4.82. The number of hydrogen-bond donors (Lipinski definition) is 0. The van der Waals surface area contributed by atoms with E-state index >= 15 is 0 Å². The molecule has 1 saturated heterocycles. The van der Waals surface area contributed by atoms with Gasteiger partial charge in [0.15, 0.2) is 0 Å². The van der Waals surface area contributed by atoms with E-state index in [4.69, 9.17) is 4.74 Å². The smallest absolute Gasteiger partial charge is 0.227 e. The summed E-state index contributed by atoms with van der Waals surface area (Å²) in [5, 5.41) is 0. The molecule has 0 aliphatic carbocycles. The molecule has 1 fully saturated rings. The van der Waals surface area contributed by atoms with Gasteiger partial charge < -0.3 is 9.64 Å². The van der Waals surface area contributed by atoms with Crippen molar-refractivity contribution < 1.29 is 13.9 Å². The molecule has 3 aromatic rings. The van der Waals surface area contributed by atoms with Crippen LogP contribution in [0.15, 0.2) is 73.1 Å². The topological polar surface area (TPSA) is 42.4 Å². The molecular weight excluding hydrogens is 391 g/mol. The molecule has 0 atom stereocenters. The Hall–Kier alpha value is -3.21. The van der Waals surface area contributed by atoms with E-state index in [9.17, 15) is 9.18 Å². The summed E-state index contributed by atoms with van der Waals surface area (Å²) in [6.07, 6.45) is 6.97. The summed E-state index contributed by atoms with van der Waals surface area (Å²) in [5.41, 5.74) is 3.06. The van der Waals surface area contributed by atoms with Crippen molar-refractivity contribution in [1.82, 2.24) is 9.88 Å². The second kappa shape index (κ2) is 10.2. The maximum atomic E-state index is 13.3. The number of halogens is 1. The number of ether oxygens (including phenoxy) is 1. The fraction of sp³-hybridized carbons (Fsp3) is 0.308. The predicted molar refractivity (Wildman–Crippen MR) is 118 cm³/mol. The molecule has 0 radical (unpaired) electrons. The van der Waals surface area contributed by atoms with E-state index in [2.05, 4.69) is 17.1 Å². The molecule has 160 valence electrons. The van der Waals surface area contributed by atoms with E-state index in [1.54, 1.807) is 18.5 Å². The van der Waals surface area contributed by atoms with Gasteiger partial charge in [0.2, 0.25) is 5.91 Å². The van der Waals surface area contributed by atoms with Crippen LogP contribution in [0.25, 0.3) is 0 Å². The summed E-state index contributed by atoms with van der Waals surface area (Å²) in [4.78, 5) is 18.6. The third-order valence-electron chi connectivity index (χ3n) is 5.79. The Balaban J connectivity index is 1.22. The molecule has 1 aromatic heterocycles. The van der Waals surface area contributed by atoms with Gasteiger partial charge in [-0.2, -0.15) is 0 Å². The molecule has 4 rings (SSSR count). The number of amides is 1. The Morgan fingerprint density at radius 2 is 1.77 bits per heavy atom. The molecule has 1 aliphatic heterocycles. The Morgan fingerprint density at radius 1 is 1.00 bits per heavy atom. The molecule has 1 aliphatic rings. The van der Waals surface area contributed by atoms with E-state index in [-0.39, 0.29) is 11.7 Å². The monoisotopic (exact) mass is 418 g/mol. The van der Waals surface area contributed by atoms with Crippen molar-refractivity contribution in [3.05, 3.63) is 95.6 Å². The van der Waals surface area contributed by atoms with Gasteiger partial charge in [0.25, 0.3) is 0 Å². The number of nitrogens with zero attached hydrogens (tertiary/aromatic N) is 2. The van der Waals surface area contributed by atoms with Crippen LogP contribution in [0.5, 0.6) is 5.75 Å².